The number of halogens is 1. The van der Waals surface area contributed by atoms with Gasteiger partial charge in [0.05, 0.1) is 17.7 Å². The summed E-state index contributed by atoms with van der Waals surface area (Å²) >= 11 is 6.73. The fourth-order valence-corrected chi connectivity index (χ4v) is 4.70. The molecule has 1 amide bonds. The molecule has 0 saturated carbocycles. The number of benzene rings is 3. The highest BCUT2D eigenvalue weighted by Gasteiger charge is 2.33. The minimum atomic E-state index is -0.323. The van der Waals surface area contributed by atoms with Gasteiger partial charge in [0.2, 0.25) is 0 Å². The van der Waals surface area contributed by atoms with Crippen molar-refractivity contribution in [1.29, 1.82) is 0 Å². The van der Waals surface area contributed by atoms with Crippen molar-refractivity contribution in [2.24, 2.45) is 0 Å². The summed E-state index contributed by atoms with van der Waals surface area (Å²) in [6.07, 6.45) is 1.77. The number of carbonyl (C=O) groups is 1. The minimum absolute atomic E-state index is 0.0770. The second-order valence-electron chi connectivity index (χ2n) is 7.72. The van der Waals surface area contributed by atoms with Crippen molar-refractivity contribution >= 4 is 51.7 Å². The molecule has 174 valence electrons. The highest BCUT2D eigenvalue weighted by atomic mass is 32.2. The Morgan fingerprint density at radius 3 is 2.47 bits per heavy atom. The van der Waals surface area contributed by atoms with E-state index in [9.17, 15) is 9.18 Å². The largest absolute Gasteiger partial charge is 0.493 e. The lowest BCUT2D eigenvalue weighted by molar-refractivity contribution is -0.113. The van der Waals surface area contributed by atoms with Crippen LogP contribution < -0.4 is 19.3 Å². The molecule has 4 rings (SSSR count). The summed E-state index contributed by atoms with van der Waals surface area (Å²) in [5, 5.41) is 0. The first-order chi connectivity index (χ1) is 16.4. The van der Waals surface area contributed by atoms with Crippen LogP contribution in [0, 0.1) is 5.82 Å². The fraction of sp³-hybridized carbons (Fsp3) is 0.154. The topological polar surface area (TPSA) is 42.0 Å². The number of hydrogen-bond donors (Lipinski definition) is 0. The number of ether oxygens (including phenoxy) is 2. The lowest BCUT2D eigenvalue weighted by Gasteiger charge is -2.17. The average molecular weight is 495 g/mol. The Morgan fingerprint density at radius 1 is 1.06 bits per heavy atom. The molecule has 34 heavy (non-hydrogen) atoms. The Bertz CT molecular complexity index is 1260. The molecule has 1 aliphatic rings. The monoisotopic (exact) mass is 494 g/mol. The van der Waals surface area contributed by atoms with Gasteiger partial charge in [0, 0.05) is 25.3 Å². The van der Waals surface area contributed by atoms with Crippen LogP contribution in [0.3, 0.4) is 0 Å². The number of thioether (sulfide) groups is 1. The van der Waals surface area contributed by atoms with Crippen LogP contribution in [0.5, 0.6) is 11.5 Å². The second-order valence-corrected chi connectivity index (χ2v) is 9.39. The zero-order valence-corrected chi connectivity index (χ0v) is 20.6. The van der Waals surface area contributed by atoms with E-state index in [1.165, 1.54) is 29.8 Å². The molecule has 0 aromatic heterocycles. The maximum Gasteiger partial charge on any atom is 0.270 e. The van der Waals surface area contributed by atoms with E-state index < -0.39 is 0 Å². The van der Waals surface area contributed by atoms with Gasteiger partial charge in [0.1, 0.15) is 12.4 Å². The highest BCUT2D eigenvalue weighted by Crippen LogP contribution is 2.37. The number of anilines is 2. The SMILES string of the molecule is COc1cc(C=C2SC(=S)N(c3ccc(N(C)C)cc3)C2=O)ccc1OCc1ccccc1F. The number of amides is 1. The number of carbonyl (C=O) groups excluding carboxylic acids is 1. The summed E-state index contributed by atoms with van der Waals surface area (Å²) in [7, 11) is 5.45. The summed E-state index contributed by atoms with van der Waals surface area (Å²) in [6.45, 7) is 0.0770. The molecule has 0 atom stereocenters. The smallest absolute Gasteiger partial charge is 0.270 e. The van der Waals surface area contributed by atoms with Crippen LogP contribution in [0.2, 0.25) is 0 Å². The Balaban J connectivity index is 1.52. The van der Waals surface area contributed by atoms with Gasteiger partial charge in [-0.15, -0.1) is 0 Å². The number of nitrogens with zero attached hydrogens (tertiary/aromatic N) is 2. The zero-order valence-electron chi connectivity index (χ0n) is 18.9. The first kappa shape index (κ1) is 23.8. The van der Waals surface area contributed by atoms with Crippen LogP contribution >= 0.6 is 24.0 Å². The Labute approximate surface area is 207 Å². The van der Waals surface area contributed by atoms with E-state index in [2.05, 4.69) is 0 Å². The molecule has 3 aromatic rings. The van der Waals surface area contributed by atoms with Crippen molar-refractivity contribution in [3.63, 3.8) is 0 Å². The third-order valence-electron chi connectivity index (χ3n) is 5.24. The molecular weight excluding hydrogens is 471 g/mol. The maximum absolute atomic E-state index is 13.9. The fourth-order valence-electron chi connectivity index (χ4n) is 3.41. The van der Waals surface area contributed by atoms with Crippen LogP contribution in [0.1, 0.15) is 11.1 Å². The molecule has 5 nitrogen and oxygen atoms in total. The van der Waals surface area contributed by atoms with Gasteiger partial charge in [-0.3, -0.25) is 9.69 Å². The number of thiocarbonyl (C=S) groups is 1. The molecule has 0 spiro atoms. The Morgan fingerprint density at radius 2 is 1.79 bits per heavy atom. The van der Waals surface area contributed by atoms with Crippen molar-refractivity contribution in [2.75, 3.05) is 31.0 Å². The van der Waals surface area contributed by atoms with Crippen LogP contribution in [0.25, 0.3) is 6.08 Å². The van der Waals surface area contributed by atoms with Crippen molar-refractivity contribution in [3.05, 3.63) is 88.6 Å². The highest BCUT2D eigenvalue weighted by molar-refractivity contribution is 8.27. The van der Waals surface area contributed by atoms with Gasteiger partial charge < -0.3 is 14.4 Å². The predicted molar refractivity (Wildman–Crippen MR) is 140 cm³/mol. The summed E-state index contributed by atoms with van der Waals surface area (Å²) in [4.78, 5) is 17.1. The van der Waals surface area contributed by atoms with Gasteiger partial charge in [-0.2, -0.15) is 0 Å². The lowest BCUT2D eigenvalue weighted by Crippen LogP contribution is -2.27. The van der Waals surface area contributed by atoms with E-state index in [0.29, 0.717) is 26.3 Å². The molecule has 1 aliphatic heterocycles. The summed E-state index contributed by atoms with van der Waals surface area (Å²) in [5.41, 5.74) is 2.98. The predicted octanol–water partition coefficient (Wildman–Crippen LogP) is 5.89. The van der Waals surface area contributed by atoms with Gasteiger partial charge >= 0.3 is 0 Å². The van der Waals surface area contributed by atoms with Gasteiger partial charge in [0.25, 0.3) is 5.91 Å². The first-order valence-corrected chi connectivity index (χ1v) is 11.7. The number of rotatable bonds is 7. The molecule has 0 bridgehead atoms. The van der Waals surface area contributed by atoms with Crippen LogP contribution in [0.15, 0.2) is 71.6 Å². The third-order valence-corrected chi connectivity index (χ3v) is 6.55. The van der Waals surface area contributed by atoms with E-state index in [0.717, 1.165) is 16.9 Å². The first-order valence-electron chi connectivity index (χ1n) is 10.5. The van der Waals surface area contributed by atoms with Gasteiger partial charge in [-0.05, 0) is 54.1 Å². The van der Waals surface area contributed by atoms with Crippen LogP contribution in [-0.4, -0.2) is 31.4 Å². The molecule has 3 aromatic carbocycles. The van der Waals surface area contributed by atoms with E-state index in [1.54, 1.807) is 36.4 Å². The van der Waals surface area contributed by atoms with Gasteiger partial charge in [-0.25, -0.2) is 4.39 Å². The van der Waals surface area contributed by atoms with E-state index in [4.69, 9.17) is 21.7 Å². The van der Waals surface area contributed by atoms with Crippen molar-refractivity contribution in [1.82, 2.24) is 0 Å². The van der Waals surface area contributed by atoms with Crippen LogP contribution in [-0.2, 0) is 11.4 Å². The summed E-state index contributed by atoms with van der Waals surface area (Å²) in [5.74, 6) is 0.471. The van der Waals surface area contributed by atoms with E-state index >= 15 is 0 Å². The van der Waals surface area contributed by atoms with E-state index in [1.807, 2.05) is 49.3 Å². The summed E-state index contributed by atoms with van der Waals surface area (Å²) < 4.78 is 25.6. The third kappa shape index (κ3) is 5.08. The van der Waals surface area contributed by atoms with Gasteiger partial charge in [-0.1, -0.05) is 48.2 Å². The Kier molecular flexibility index (Phi) is 7.19. The standard InChI is InChI=1S/C26H23FN2O3S2/c1-28(2)19-9-11-20(12-10-19)29-25(30)24(34-26(29)33)15-17-8-13-22(23(14-17)31-3)32-16-18-6-4-5-7-21(18)27/h4-15H,16H2,1-3H3. The summed E-state index contributed by atoms with van der Waals surface area (Å²) in [6, 6.07) is 19.5. The van der Waals surface area contributed by atoms with Crippen molar-refractivity contribution in [2.45, 2.75) is 6.61 Å². The molecule has 0 N–H and O–H groups in total. The molecule has 1 heterocycles. The second kappa shape index (κ2) is 10.3. The normalized spacial score (nSPS) is 14.6. The van der Waals surface area contributed by atoms with Gasteiger partial charge in [0.15, 0.2) is 15.8 Å². The van der Waals surface area contributed by atoms with Crippen LogP contribution in [0.4, 0.5) is 15.8 Å². The minimum Gasteiger partial charge on any atom is -0.493 e. The quantitative estimate of drug-likeness (QED) is 0.302. The number of hydrogen-bond acceptors (Lipinski definition) is 6. The average Bonchev–Trinajstić information content (AvgIpc) is 3.11. The van der Waals surface area contributed by atoms with E-state index in [-0.39, 0.29) is 18.3 Å². The molecule has 8 heteroatoms. The molecule has 0 unspecified atom stereocenters. The molecule has 1 fully saturated rings. The van der Waals surface area contributed by atoms with Crippen molar-refractivity contribution in [3.8, 4) is 11.5 Å². The molecule has 1 saturated heterocycles. The molecular formula is C26H23FN2O3S2. The maximum atomic E-state index is 13.9. The zero-order chi connectivity index (χ0) is 24.2. The lowest BCUT2D eigenvalue weighted by atomic mass is 10.1. The molecule has 0 radical (unpaired) electrons. The Hall–Kier alpha value is -3.36. The van der Waals surface area contributed by atoms with Crippen molar-refractivity contribution < 1.29 is 18.7 Å². The number of methoxy groups -OCH3 is 1. The molecule has 0 aliphatic carbocycles.